The molecule has 0 aliphatic heterocycles. The van der Waals surface area contributed by atoms with Crippen molar-refractivity contribution in [3.8, 4) is 5.75 Å². The summed E-state index contributed by atoms with van der Waals surface area (Å²) >= 11 is 3.27. The Labute approximate surface area is 110 Å². The first kappa shape index (κ1) is 14.0. The van der Waals surface area contributed by atoms with Crippen molar-refractivity contribution in [2.75, 3.05) is 6.54 Å². The topological polar surface area (TPSA) is 49.3 Å². The maximum atomic E-state index is 11.8. The van der Waals surface area contributed by atoms with Gasteiger partial charge in [-0.15, -0.1) is 0 Å². The van der Waals surface area contributed by atoms with E-state index in [-0.39, 0.29) is 17.1 Å². The van der Waals surface area contributed by atoms with Crippen LogP contribution in [0.1, 0.15) is 37.6 Å². The first-order chi connectivity index (χ1) is 7.79. The fraction of sp³-hybridized carbons (Fsp3) is 0.462. The Hall–Kier alpha value is -1.03. The van der Waals surface area contributed by atoms with E-state index in [1.165, 1.54) is 6.07 Å². The summed E-state index contributed by atoms with van der Waals surface area (Å²) in [4.78, 5) is 11.8. The third-order valence-electron chi connectivity index (χ3n) is 2.36. The maximum Gasteiger partial charge on any atom is 0.255 e. The predicted molar refractivity (Wildman–Crippen MR) is 72.2 cm³/mol. The number of nitrogens with one attached hydrogen (secondary N) is 1. The summed E-state index contributed by atoms with van der Waals surface area (Å²) < 4.78 is 0.774. The van der Waals surface area contributed by atoms with Gasteiger partial charge in [0.05, 0.1) is 5.56 Å². The fourth-order valence-electron chi connectivity index (χ4n) is 1.34. The number of benzene rings is 1. The lowest BCUT2D eigenvalue weighted by Crippen LogP contribution is -2.27. The molecule has 17 heavy (non-hydrogen) atoms. The molecule has 0 aromatic heterocycles. The molecule has 0 atom stereocenters. The number of phenolic OH excluding ortho intramolecular Hbond substituents is 1. The van der Waals surface area contributed by atoms with Crippen molar-refractivity contribution in [1.29, 1.82) is 0 Å². The summed E-state index contributed by atoms with van der Waals surface area (Å²) in [5.41, 5.74) is 0.486. The molecule has 94 valence electrons. The SMILES string of the molecule is CC(C)(C)CCNC(=O)c1cc(Br)ccc1O. The summed E-state index contributed by atoms with van der Waals surface area (Å²) in [7, 11) is 0. The Morgan fingerprint density at radius 1 is 1.41 bits per heavy atom. The van der Waals surface area contributed by atoms with Crippen molar-refractivity contribution in [1.82, 2.24) is 5.32 Å². The van der Waals surface area contributed by atoms with E-state index in [4.69, 9.17) is 0 Å². The molecule has 1 rings (SSSR count). The van der Waals surface area contributed by atoms with E-state index < -0.39 is 0 Å². The second-order valence-corrected chi connectivity index (χ2v) is 6.14. The van der Waals surface area contributed by atoms with Gasteiger partial charge in [-0.2, -0.15) is 0 Å². The molecule has 0 bridgehead atoms. The lowest BCUT2D eigenvalue weighted by atomic mass is 9.92. The predicted octanol–water partition coefficient (Wildman–Crippen LogP) is 3.32. The lowest BCUT2D eigenvalue weighted by molar-refractivity contribution is 0.0947. The van der Waals surface area contributed by atoms with Crippen LogP contribution < -0.4 is 5.32 Å². The molecule has 1 amide bonds. The molecule has 2 N–H and O–H groups in total. The van der Waals surface area contributed by atoms with Gasteiger partial charge in [0.2, 0.25) is 0 Å². The molecule has 1 aromatic rings. The number of phenols is 1. The first-order valence-corrected chi connectivity index (χ1v) is 6.35. The van der Waals surface area contributed by atoms with Gasteiger partial charge in [-0.1, -0.05) is 36.7 Å². The van der Waals surface area contributed by atoms with Gasteiger partial charge in [0, 0.05) is 11.0 Å². The molecule has 0 heterocycles. The normalized spacial score (nSPS) is 11.3. The summed E-state index contributed by atoms with van der Waals surface area (Å²) in [6.45, 7) is 6.97. The van der Waals surface area contributed by atoms with E-state index >= 15 is 0 Å². The molecular formula is C13H18BrNO2. The van der Waals surface area contributed by atoms with E-state index in [9.17, 15) is 9.90 Å². The molecule has 4 heteroatoms. The van der Waals surface area contributed by atoms with Crippen molar-refractivity contribution in [3.05, 3.63) is 28.2 Å². The lowest BCUT2D eigenvalue weighted by Gasteiger charge is -2.18. The van der Waals surface area contributed by atoms with Crippen LogP contribution in [0.4, 0.5) is 0 Å². The van der Waals surface area contributed by atoms with E-state index in [1.54, 1.807) is 12.1 Å². The minimum Gasteiger partial charge on any atom is -0.507 e. The molecule has 0 saturated heterocycles. The Kier molecular flexibility index (Phi) is 4.57. The Morgan fingerprint density at radius 3 is 2.65 bits per heavy atom. The Bertz CT molecular complexity index is 410. The van der Waals surface area contributed by atoms with E-state index in [2.05, 4.69) is 42.0 Å². The average Bonchev–Trinajstić information content (AvgIpc) is 2.19. The monoisotopic (exact) mass is 299 g/mol. The van der Waals surface area contributed by atoms with Crippen LogP contribution in [0, 0.1) is 5.41 Å². The van der Waals surface area contributed by atoms with E-state index in [0.29, 0.717) is 12.1 Å². The van der Waals surface area contributed by atoms with Crippen LogP contribution in [-0.4, -0.2) is 17.6 Å². The van der Waals surface area contributed by atoms with Gasteiger partial charge >= 0.3 is 0 Å². The minimum absolute atomic E-state index is 0.00135. The van der Waals surface area contributed by atoms with Gasteiger partial charge in [-0.3, -0.25) is 4.79 Å². The highest BCUT2D eigenvalue weighted by molar-refractivity contribution is 9.10. The van der Waals surface area contributed by atoms with Crippen LogP contribution in [0.5, 0.6) is 5.75 Å². The van der Waals surface area contributed by atoms with Crippen molar-refractivity contribution in [2.45, 2.75) is 27.2 Å². The van der Waals surface area contributed by atoms with Crippen molar-refractivity contribution < 1.29 is 9.90 Å². The number of hydrogen-bond donors (Lipinski definition) is 2. The number of rotatable bonds is 3. The number of hydrogen-bond acceptors (Lipinski definition) is 2. The third-order valence-corrected chi connectivity index (χ3v) is 2.86. The van der Waals surface area contributed by atoms with E-state index in [1.807, 2.05) is 0 Å². The van der Waals surface area contributed by atoms with E-state index in [0.717, 1.165) is 10.9 Å². The largest absolute Gasteiger partial charge is 0.507 e. The van der Waals surface area contributed by atoms with Crippen molar-refractivity contribution >= 4 is 21.8 Å². The zero-order valence-electron chi connectivity index (χ0n) is 10.4. The Balaban J connectivity index is 2.61. The van der Waals surface area contributed by atoms with Crippen LogP contribution in [0.2, 0.25) is 0 Å². The Morgan fingerprint density at radius 2 is 2.06 bits per heavy atom. The van der Waals surface area contributed by atoms with Gasteiger partial charge in [0.1, 0.15) is 5.75 Å². The average molecular weight is 300 g/mol. The summed E-state index contributed by atoms with van der Waals surface area (Å²) in [5, 5.41) is 12.4. The van der Waals surface area contributed by atoms with Crippen LogP contribution in [-0.2, 0) is 0 Å². The van der Waals surface area contributed by atoms with Gasteiger partial charge in [-0.25, -0.2) is 0 Å². The molecule has 0 aliphatic carbocycles. The smallest absolute Gasteiger partial charge is 0.255 e. The number of carbonyl (C=O) groups excluding carboxylic acids is 1. The van der Waals surface area contributed by atoms with Gasteiger partial charge in [-0.05, 0) is 30.0 Å². The molecule has 3 nitrogen and oxygen atoms in total. The third kappa shape index (κ3) is 4.77. The van der Waals surface area contributed by atoms with Gasteiger partial charge in [0.25, 0.3) is 5.91 Å². The maximum absolute atomic E-state index is 11.8. The summed E-state index contributed by atoms with van der Waals surface area (Å²) in [6, 6.07) is 4.81. The number of carbonyl (C=O) groups is 1. The first-order valence-electron chi connectivity index (χ1n) is 5.56. The van der Waals surface area contributed by atoms with Crippen LogP contribution in [0.25, 0.3) is 0 Å². The molecule has 1 aromatic carbocycles. The zero-order valence-corrected chi connectivity index (χ0v) is 12.0. The molecule has 0 aliphatic rings. The quantitative estimate of drug-likeness (QED) is 0.899. The number of halogens is 1. The molecule has 0 radical (unpaired) electrons. The standard InChI is InChI=1S/C13H18BrNO2/c1-13(2,3)6-7-15-12(17)10-8-9(14)4-5-11(10)16/h4-5,8,16H,6-7H2,1-3H3,(H,15,17). The molecule has 0 saturated carbocycles. The minimum atomic E-state index is -0.243. The number of amides is 1. The van der Waals surface area contributed by atoms with Gasteiger partial charge in [0.15, 0.2) is 0 Å². The van der Waals surface area contributed by atoms with Crippen molar-refractivity contribution in [2.24, 2.45) is 5.41 Å². The molecule has 0 spiro atoms. The molecule has 0 fully saturated rings. The van der Waals surface area contributed by atoms with Crippen molar-refractivity contribution in [3.63, 3.8) is 0 Å². The van der Waals surface area contributed by atoms with Crippen LogP contribution >= 0.6 is 15.9 Å². The summed E-state index contributed by atoms with van der Waals surface area (Å²) in [6.07, 6.45) is 0.896. The second kappa shape index (κ2) is 5.54. The zero-order chi connectivity index (χ0) is 13.1. The molecule has 0 unspecified atom stereocenters. The summed E-state index contributed by atoms with van der Waals surface area (Å²) in [5.74, 6) is -0.241. The van der Waals surface area contributed by atoms with Crippen LogP contribution in [0.15, 0.2) is 22.7 Å². The highest BCUT2D eigenvalue weighted by Gasteiger charge is 2.13. The fourth-order valence-corrected chi connectivity index (χ4v) is 1.70. The number of aromatic hydroxyl groups is 1. The second-order valence-electron chi connectivity index (χ2n) is 5.23. The van der Waals surface area contributed by atoms with Crippen LogP contribution in [0.3, 0.4) is 0 Å². The van der Waals surface area contributed by atoms with Gasteiger partial charge < -0.3 is 10.4 Å². The highest BCUT2D eigenvalue weighted by Crippen LogP contribution is 2.22. The highest BCUT2D eigenvalue weighted by atomic mass is 79.9. The molecular weight excluding hydrogens is 282 g/mol.